The monoisotopic (exact) mass is 230 g/mol. The third-order valence-electron chi connectivity index (χ3n) is 2.78. The normalized spacial score (nSPS) is 12.6. The Bertz CT molecular complexity index is 450. The van der Waals surface area contributed by atoms with Crippen LogP contribution in [0.1, 0.15) is 36.6 Å². The molecule has 1 atom stereocenters. The maximum Gasteiger partial charge on any atom is 0.208 e. The van der Waals surface area contributed by atoms with E-state index < -0.39 is 0 Å². The Kier molecular flexibility index (Phi) is 3.94. The Balaban J connectivity index is 1.97. The molecule has 1 aromatic heterocycles. The summed E-state index contributed by atoms with van der Waals surface area (Å²) in [6.45, 7) is 4.75. The predicted octanol–water partition coefficient (Wildman–Crippen LogP) is 3.22. The number of aromatic nitrogens is 1. The lowest BCUT2D eigenvalue weighted by atomic mass is 10.1. The van der Waals surface area contributed by atoms with Gasteiger partial charge in [-0.05, 0) is 18.9 Å². The molecule has 90 valence electrons. The number of aryl methyl sites for hydroxylation is 1. The van der Waals surface area contributed by atoms with Crippen molar-refractivity contribution in [2.75, 3.05) is 0 Å². The number of hydrogen-bond donors (Lipinski definition) is 1. The van der Waals surface area contributed by atoms with Crippen molar-refractivity contribution in [3.8, 4) is 0 Å². The number of hydrogen-bond acceptors (Lipinski definition) is 3. The first kappa shape index (κ1) is 11.9. The van der Waals surface area contributed by atoms with E-state index in [0.717, 1.165) is 18.1 Å². The summed E-state index contributed by atoms with van der Waals surface area (Å²) < 4.78 is 5.44. The molecule has 3 nitrogen and oxygen atoms in total. The van der Waals surface area contributed by atoms with Crippen LogP contribution in [0, 0.1) is 6.92 Å². The highest BCUT2D eigenvalue weighted by atomic mass is 16.4. The third-order valence-corrected chi connectivity index (χ3v) is 2.78. The van der Waals surface area contributed by atoms with Gasteiger partial charge < -0.3 is 9.73 Å². The molecule has 0 aliphatic carbocycles. The molecule has 1 heterocycles. The second-order valence-corrected chi connectivity index (χ2v) is 4.12. The summed E-state index contributed by atoms with van der Waals surface area (Å²) in [4.78, 5) is 4.19. The van der Waals surface area contributed by atoms with Crippen molar-refractivity contribution in [1.82, 2.24) is 10.3 Å². The fourth-order valence-corrected chi connectivity index (χ4v) is 1.88. The molecule has 2 rings (SSSR count). The van der Waals surface area contributed by atoms with Gasteiger partial charge in [-0.3, -0.25) is 0 Å². The summed E-state index contributed by atoms with van der Waals surface area (Å²) in [6.07, 6.45) is 2.80. The molecule has 17 heavy (non-hydrogen) atoms. The maximum atomic E-state index is 5.44. The van der Waals surface area contributed by atoms with Gasteiger partial charge in [0.25, 0.3) is 0 Å². The molecule has 0 fully saturated rings. The molecule has 3 heteroatoms. The van der Waals surface area contributed by atoms with E-state index in [9.17, 15) is 0 Å². The van der Waals surface area contributed by atoms with Crippen LogP contribution in [0.4, 0.5) is 0 Å². The summed E-state index contributed by atoms with van der Waals surface area (Å²) in [6, 6.07) is 10.8. The van der Waals surface area contributed by atoms with Crippen molar-refractivity contribution < 1.29 is 4.42 Å². The lowest BCUT2D eigenvalue weighted by Crippen LogP contribution is -2.20. The van der Waals surface area contributed by atoms with E-state index in [1.165, 1.54) is 5.56 Å². The van der Waals surface area contributed by atoms with Gasteiger partial charge in [0.05, 0.1) is 12.7 Å². The lowest BCUT2D eigenvalue weighted by Gasteiger charge is -2.16. The predicted molar refractivity (Wildman–Crippen MR) is 67.6 cm³/mol. The highest BCUT2D eigenvalue weighted by Gasteiger charge is 2.09. The molecule has 0 amide bonds. The molecular weight excluding hydrogens is 212 g/mol. The summed E-state index contributed by atoms with van der Waals surface area (Å²) in [7, 11) is 0. The molecule has 0 saturated heterocycles. The molecule has 0 radical (unpaired) electrons. The van der Waals surface area contributed by atoms with Crippen LogP contribution in [0.5, 0.6) is 0 Å². The van der Waals surface area contributed by atoms with E-state index in [1.807, 2.05) is 13.0 Å². The highest BCUT2D eigenvalue weighted by Crippen LogP contribution is 2.16. The Labute approximate surface area is 102 Å². The average Bonchev–Trinajstić information content (AvgIpc) is 2.77. The van der Waals surface area contributed by atoms with E-state index in [0.29, 0.717) is 12.6 Å². The van der Waals surface area contributed by atoms with Crippen molar-refractivity contribution in [1.29, 1.82) is 0 Å². The Morgan fingerprint density at radius 2 is 2.06 bits per heavy atom. The molecule has 0 aliphatic heterocycles. The fraction of sp³-hybridized carbons (Fsp3) is 0.357. The van der Waals surface area contributed by atoms with Crippen molar-refractivity contribution in [2.45, 2.75) is 32.9 Å². The van der Waals surface area contributed by atoms with Crippen LogP contribution < -0.4 is 5.32 Å². The van der Waals surface area contributed by atoms with Gasteiger partial charge in [0.1, 0.15) is 5.76 Å². The Hall–Kier alpha value is -1.61. The summed E-state index contributed by atoms with van der Waals surface area (Å²) in [5, 5.41) is 3.46. The quantitative estimate of drug-likeness (QED) is 0.857. The van der Waals surface area contributed by atoms with Gasteiger partial charge >= 0.3 is 0 Å². The highest BCUT2D eigenvalue weighted by molar-refractivity contribution is 5.18. The van der Waals surface area contributed by atoms with E-state index in [1.54, 1.807) is 6.20 Å². The SMILES string of the molecule is CCC(NCc1ncc(C)o1)c1ccccc1. The standard InChI is InChI=1S/C14H18N2O/c1-3-13(12-7-5-4-6-8-12)15-10-14-16-9-11(2)17-14/h4-9,13,15H,3,10H2,1-2H3. The first-order valence-corrected chi connectivity index (χ1v) is 5.99. The molecule has 0 saturated carbocycles. The first-order chi connectivity index (χ1) is 8.29. The third kappa shape index (κ3) is 3.17. The van der Waals surface area contributed by atoms with E-state index in [2.05, 4.69) is 41.5 Å². The fourth-order valence-electron chi connectivity index (χ4n) is 1.88. The molecule has 0 bridgehead atoms. The molecule has 1 unspecified atom stereocenters. The second-order valence-electron chi connectivity index (χ2n) is 4.12. The van der Waals surface area contributed by atoms with Gasteiger partial charge in [0.2, 0.25) is 5.89 Å². The largest absolute Gasteiger partial charge is 0.445 e. The van der Waals surface area contributed by atoms with Crippen LogP contribution in [0.15, 0.2) is 40.9 Å². The van der Waals surface area contributed by atoms with Gasteiger partial charge in [0, 0.05) is 6.04 Å². The summed E-state index contributed by atoms with van der Waals surface area (Å²) in [5.74, 6) is 1.60. The first-order valence-electron chi connectivity index (χ1n) is 5.99. The Morgan fingerprint density at radius 1 is 1.29 bits per heavy atom. The molecule has 1 N–H and O–H groups in total. The smallest absolute Gasteiger partial charge is 0.208 e. The zero-order chi connectivity index (χ0) is 12.1. The molecule has 0 aliphatic rings. The van der Waals surface area contributed by atoms with Crippen LogP contribution in [0.25, 0.3) is 0 Å². The van der Waals surface area contributed by atoms with Gasteiger partial charge in [-0.25, -0.2) is 4.98 Å². The van der Waals surface area contributed by atoms with Gasteiger partial charge in [0.15, 0.2) is 0 Å². The topological polar surface area (TPSA) is 38.1 Å². The molecular formula is C14H18N2O. The van der Waals surface area contributed by atoms with E-state index in [4.69, 9.17) is 4.42 Å². The number of nitrogens with one attached hydrogen (secondary N) is 1. The molecule has 1 aromatic carbocycles. The maximum absolute atomic E-state index is 5.44. The zero-order valence-corrected chi connectivity index (χ0v) is 10.3. The number of benzene rings is 1. The van der Waals surface area contributed by atoms with Gasteiger partial charge in [-0.2, -0.15) is 0 Å². The van der Waals surface area contributed by atoms with Crippen molar-refractivity contribution in [2.24, 2.45) is 0 Å². The number of nitrogens with zero attached hydrogens (tertiary/aromatic N) is 1. The van der Waals surface area contributed by atoms with Crippen molar-refractivity contribution in [3.63, 3.8) is 0 Å². The van der Waals surface area contributed by atoms with Gasteiger partial charge in [-0.15, -0.1) is 0 Å². The minimum atomic E-state index is 0.350. The lowest BCUT2D eigenvalue weighted by molar-refractivity contribution is 0.420. The minimum absolute atomic E-state index is 0.350. The molecule has 2 aromatic rings. The number of oxazole rings is 1. The second kappa shape index (κ2) is 5.64. The van der Waals surface area contributed by atoms with Crippen molar-refractivity contribution in [3.05, 3.63) is 53.7 Å². The summed E-state index contributed by atoms with van der Waals surface area (Å²) >= 11 is 0. The van der Waals surface area contributed by atoms with Crippen LogP contribution in [-0.2, 0) is 6.54 Å². The van der Waals surface area contributed by atoms with Crippen molar-refractivity contribution >= 4 is 0 Å². The number of rotatable bonds is 5. The van der Waals surface area contributed by atoms with Crippen LogP contribution in [-0.4, -0.2) is 4.98 Å². The van der Waals surface area contributed by atoms with E-state index in [-0.39, 0.29) is 0 Å². The van der Waals surface area contributed by atoms with Crippen LogP contribution in [0.3, 0.4) is 0 Å². The zero-order valence-electron chi connectivity index (χ0n) is 10.3. The minimum Gasteiger partial charge on any atom is -0.445 e. The van der Waals surface area contributed by atoms with Crippen LogP contribution >= 0.6 is 0 Å². The average molecular weight is 230 g/mol. The Morgan fingerprint density at radius 3 is 2.65 bits per heavy atom. The van der Waals surface area contributed by atoms with Crippen LogP contribution in [0.2, 0.25) is 0 Å². The van der Waals surface area contributed by atoms with E-state index >= 15 is 0 Å². The van der Waals surface area contributed by atoms with Gasteiger partial charge in [-0.1, -0.05) is 37.3 Å². The molecule has 0 spiro atoms. The summed E-state index contributed by atoms with van der Waals surface area (Å²) in [5.41, 5.74) is 1.30.